The first-order valence-corrected chi connectivity index (χ1v) is 11.7. The van der Waals surface area contributed by atoms with Gasteiger partial charge in [0.2, 0.25) is 0 Å². The van der Waals surface area contributed by atoms with E-state index in [4.69, 9.17) is 5.10 Å². The fourth-order valence-corrected chi connectivity index (χ4v) is 4.70. The fourth-order valence-electron chi connectivity index (χ4n) is 4.34. The van der Waals surface area contributed by atoms with E-state index in [-0.39, 0.29) is 17.5 Å². The van der Waals surface area contributed by atoms with Gasteiger partial charge in [-0.1, -0.05) is 42.5 Å². The summed E-state index contributed by atoms with van der Waals surface area (Å²) in [7, 11) is 0. The minimum absolute atomic E-state index is 0.112. The van der Waals surface area contributed by atoms with Crippen LogP contribution in [0.4, 0.5) is 5.82 Å². The van der Waals surface area contributed by atoms with Crippen LogP contribution in [0.3, 0.4) is 0 Å². The zero-order chi connectivity index (χ0) is 22.4. The van der Waals surface area contributed by atoms with Gasteiger partial charge in [-0.15, -0.1) is 0 Å². The second kappa shape index (κ2) is 7.97. The number of rotatable bonds is 4. The minimum Gasteiger partial charge on any atom is -0.363 e. The Morgan fingerprint density at radius 2 is 1.81 bits per heavy atom. The van der Waals surface area contributed by atoms with Crippen molar-refractivity contribution in [1.82, 2.24) is 15.1 Å². The molecule has 1 aliphatic heterocycles. The molecule has 2 aromatic carbocycles. The third-order valence-corrected chi connectivity index (χ3v) is 6.79. The van der Waals surface area contributed by atoms with Crippen LogP contribution in [0.5, 0.6) is 0 Å². The van der Waals surface area contributed by atoms with Crippen LogP contribution < -0.4 is 10.6 Å². The zero-order valence-corrected chi connectivity index (χ0v) is 20.8. The molecule has 0 saturated carbocycles. The lowest BCUT2D eigenvalue weighted by atomic mass is 9.89. The second-order valence-corrected chi connectivity index (χ2v) is 10.7. The number of carbonyl (C=O) groups excluding carboxylic acids is 1. The summed E-state index contributed by atoms with van der Waals surface area (Å²) in [4.78, 5) is 13.5. The molecule has 0 spiro atoms. The summed E-state index contributed by atoms with van der Waals surface area (Å²) >= 11 is 2.29. The molecular formula is C25H29IN4O. The molecule has 1 aliphatic rings. The Kier molecular flexibility index (Phi) is 5.62. The van der Waals surface area contributed by atoms with E-state index in [1.165, 1.54) is 9.13 Å². The summed E-state index contributed by atoms with van der Waals surface area (Å²) in [5.74, 6) is 0.679. The molecule has 1 aromatic heterocycles. The SMILES string of the molecule is Cc1nn2c(c1C(=O)NC(C)(C)c1ccc(I)cc1)NC(c1ccccc1)CC2(C)C. The van der Waals surface area contributed by atoms with Crippen molar-refractivity contribution >= 4 is 34.3 Å². The van der Waals surface area contributed by atoms with Crippen LogP contribution in [0.15, 0.2) is 54.6 Å². The second-order valence-electron chi connectivity index (χ2n) is 9.43. The number of carbonyl (C=O) groups is 1. The number of hydrogen-bond acceptors (Lipinski definition) is 3. The van der Waals surface area contributed by atoms with Crippen LogP contribution in [-0.2, 0) is 11.1 Å². The number of amides is 1. The molecule has 2 N–H and O–H groups in total. The lowest BCUT2D eigenvalue weighted by Crippen LogP contribution is -2.42. The number of nitrogens with zero attached hydrogens (tertiary/aromatic N) is 2. The molecule has 1 atom stereocenters. The summed E-state index contributed by atoms with van der Waals surface area (Å²) in [6, 6.07) is 18.8. The van der Waals surface area contributed by atoms with Gasteiger partial charge in [0.05, 0.1) is 22.8 Å². The standard InChI is InChI=1S/C25H29IN4O/c1-16-21(23(31)28-25(4,5)18-11-13-19(26)14-12-18)22-27-20(17-9-7-6-8-10-17)15-24(2,3)30(22)29-16/h6-14,20,27H,15H2,1-5H3,(H,28,31). The zero-order valence-electron chi connectivity index (χ0n) is 18.7. The van der Waals surface area contributed by atoms with Crippen LogP contribution in [0.2, 0.25) is 0 Å². The van der Waals surface area contributed by atoms with Crippen LogP contribution >= 0.6 is 22.6 Å². The normalized spacial score (nSPS) is 17.5. The lowest BCUT2D eigenvalue weighted by Gasteiger charge is -2.38. The molecule has 0 radical (unpaired) electrons. The monoisotopic (exact) mass is 528 g/mol. The Morgan fingerprint density at radius 1 is 1.16 bits per heavy atom. The Morgan fingerprint density at radius 3 is 2.45 bits per heavy atom. The van der Waals surface area contributed by atoms with E-state index in [9.17, 15) is 4.79 Å². The molecule has 1 unspecified atom stereocenters. The number of aromatic nitrogens is 2. The molecule has 0 fully saturated rings. The quantitative estimate of drug-likeness (QED) is 0.424. The highest BCUT2D eigenvalue weighted by atomic mass is 127. The van der Waals surface area contributed by atoms with Gasteiger partial charge < -0.3 is 10.6 Å². The van der Waals surface area contributed by atoms with E-state index >= 15 is 0 Å². The van der Waals surface area contributed by atoms with Gasteiger partial charge in [0.1, 0.15) is 11.4 Å². The summed E-state index contributed by atoms with van der Waals surface area (Å²) in [5, 5.41) is 11.6. The molecule has 0 aliphatic carbocycles. The number of anilines is 1. The van der Waals surface area contributed by atoms with Crippen molar-refractivity contribution in [2.24, 2.45) is 0 Å². The number of aryl methyl sites for hydroxylation is 1. The molecular weight excluding hydrogens is 499 g/mol. The van der Waals surface area contributed by atoms with Gasteiger partial charge in [-0.3, -0.25) is 4.79 Å². The maximum Gasteiger partial charge on any atom is 0.257 e. The number of halogens is 1. The Bertz CT molecular complexity index is 1100. The number of hydrogen-bond donors (Lipinski definition) is 2. The van der Waals surface area contributed by atoms with Gasteiger partial charge in [-0.05, 0) is 86.9 Å². The summed E-state index contributed by atoms with van der Waals surface area (Å²) in [6.45, 7) is 10.3. The maximum absolute atomic E-state index is 13.5. The van der Waals surface area contributed by atoms with Gasteiger partial charge in [0.25, 0.3) is 5.91 Å². The average molecular weight is 528 g/mol. The molecule has 3 aromatic rings. The number of benzene rings is 2. The average Bonchev–Trinajstić information content (AvgIpc) is 3.05. The molecule has 31 heavy (non-hydrogen) atoms. The highest BCUT2D eigenvalue weighted by Crippen LogP contribution is 2.41. The predicted octanol–water partition coefficient (Wildman–Crippen LogP) is 5.75. The van der Waals surface area contributed by atoms with Crippen LogP contribution in [0.1, 0.15) is 67.3 Å². The first kappa shape index (κ1) is 21.9. The molecule has 5 nitrogen and oxygen atoms in total. The van der Waals surface area contributed by atoms with Crippen molar-refractivity contribution in [3.05, 3.63) is 80.6 Å². The summed E-state index contributed by atoms with van der Waals surface area (Å²) < 4.78 is 3.15. The van der Waals surface area contributed by atoms with Crippen molar-refractivity contribution in [3.8, 4) is 0 Å². The maximum atomic E-state index is 13.5. The lowest BCUT2D eigenvalue weighted by molar-refractivity contribution is 0.0912. The molecule has 162 valence electrons. The van der Waals surface area contributed by atoms with Crippen molar-refractivity contribution in [3.63, 3.8) is 0 Å². The number of fused-ring (bicyclic) bond motifs is 1. The van der Waals surface area contributed by atoms with E-state index in [0.29, 0.717) is 5.56 Å². The molecule has 2 heterocycles. The van der Waals surface area contributed by atoms with Crippen molar-refractivity contribution in [2.75, 3.05) is 5.32 Å². The fraction of sp³-hybridized carbons (Fsp3) is 0.360. The first-order valence-electron chi connectivity index (χ1n) is 10.6. The van der Waals surface area contributed by atoms with Crippen LogP contribution in [-0.4, -0.2) is 15.7 Å². The van der Waals surface area contributed by atoms with Gasteiger partial charge in [-0.2, -0.15) is 5.10 Å². The number of nitrogens with one attached hydrogen (secondary N) is 2. The van der Waals surface area contributed by atoms with Gasteiger partial charge in [-0.25, -0.2) is 4.68 Å². The Hall–Kier alpha value is -2.35. The van der Waals surface area contributed by atoms with Crippen molar-refractivity contribution in [2.45, 2.75) is 58.2 Å². The van der Waals surface area contributed by atoms with Crippen molar-refractivity contribution < 1.29 is 4.79 Å². The summed E-state index contributed by atoms with van der Waals surface area (Å²) in [5.41, 5.74) is 2.91. The highest BCUT2D eigenvalue weighted by Gasteiger charge is 2.38. The van der Waals surface area contributed by atoms with Gasteiger partial charge >= 0.3 is 0 Å². The van der Waals surface area contributed by atoms with Crippen molar-refractivity contribution in [1.29, 1.82) is 0 Å². The van der Waals surface area contributed by atoms with E-state index in [0.717, 1.165) is 23.5 Å². The van der Waals surface area contributed by atoms with E-state index in [2.05, 4.69) is 95.6 Å². The molecule has 1 amide bonds. The van der Waals surface area contributed by atoms with Crippen LogP contribution in [0, 0.1) is 10.5 Å². The molecule has 4 rings (SSSR count). The topological polar surface area (TPSA) is 59.0 Å². The molecule has 6 heteroatoms. The van der Waals surface area contributed by atoms with Crippen LogP contribution in [0.25, 0.3) is 0 Å². The third kappa shape index (κ3) is 4.22. The van der Waals surface area contributed by atoms with Gasteiger partial charge in [0, 0.05) is 3.57 Å². The largest absolute Gasteiger partial charge is 0.363 e. The van der Waals surface area contributed by atoms with E-state index < -0.39 is 5.54 Å². The minimum atomic E-state index is -0.508. The Labute approximate surface area is 197 Å². The Balaban J connectivity index is 1.68. The van der Waals surface area contributed by atoms with E-state index in [1.807, 2.05) is 31.5 Å². The molecule has 0 bridgehead atoms. The molecule has 0 saturated heterocycles. The predicted molar refractivity (Wildman–Crippen MR) is 133 cm³/mol. The highest BCUT2D eigenvalue weighted by molar-refractivity contribution is 14.1. The van der Waals surface area contributed by atoms with Gasteiger partial charge in [0.15, 0.2) is 0 Å². The van der Waals surface area contributed by atoms with E-state index in [1.54, 1.807) is 0 Å². The summed E-state index contributed by atoms with van der Waals surface area (Å²) in [6.07, 6.45) is 0.889. The third-order valence-electron chi connectivity index (χ3n) is 6.07. The first-order chi connectivity index (χ1) is 14.6. The smallest absolute Gasteiger partial charge is 0.257 e.